The fraction of sp³-hybridized carbons (Fsp3) is 0.130. The quantitative estimate of drug-likeness (QED) is 0.214. The molecule has 0 unspecified atom stereocenters. The number of hydrogen-bond donors (Lipinski definition) is 0. The maximum absolute atomic E-state index is 12.5. The van der Waals surface area contributed by atoms with Crippen molar-refractivity contribution in [1.82, 2.24) is 0 Å². The lowest BCUT2D eigenvalue weighted by Gasteiger charge is -2.14. The average Bonchev–Trinajstić information content (AvgIpc) is 2.76. The highest BCUT2D eigenvalue weighted by Gasteiger charge is 2.18. The Labute approximate surface area is 193 Å². The number of Topliss-reactive ketones (excluding diaryl/α,β-unsaturated/α-hetero) is 1. The Balaban J connectivity index is 1.71. The summed E-state index contributed by atoms with van der Waals surface area (Å²) < 4.78 is 17.2. The molecule has 0 aromatic heterocycles. The van der Waals surface area contributed by atoms with Crippen molar-refractivity contribution in [2.24, 2.45) is 0 Å². The van der Waals surface area contributed by atoms with Crippen molar-refractivity contribution < 1.29 is 23.8 Å². The van der Waals surface area contributed by atoms with E-state index in [0.717, 1.165) is 5.56 Å². The standard InChI is InChI=1S/C23H18ClIO5/c1-28-22-19(25)11-17(12-21(22)29-13-15-5-3-2-4-6-15)23(27)30-14-20(26)16-7-9-18(24)10-8-16/h2-12H,13-14H2,1H3. The Hall–Kier alpha value is -2.58. The van der Waals surface area contributed by atoms with Crippen molar-refractivity contribution in [2.75, 3.05) is 13.7 Å². The molecule has 3 rings (SSSR count). The molecule has 0 saturated heterocycles. The second-order valence-corrected chi connectivity index (χ2v) is 7.87. The Morgan fingerprint density at radius 1 is 0.967 bits per heavy atom. The zero-order valence-corrected chi connectivity index (χ0v) is 19.0. The van der Waals surface area contributed by atoms with Gasteiger partial charge in [0.1, 0.15) is 6.61 Å². The molecule has 0 bridgehead atoms. The van der Waals surface area contributed by atoms with Crippen molar-refractivity contribution in [3.63, 3.8) is 0 Å². The molecule has 7 heteroatoms. The predicted molar refractivity (Wildman–Crippen MR) is 123 cm³/mol. The Morgan fingerprint density at radius 3 is 2.33 bits per heavy atom. The number of esters is 1. The van der Waals surface area contributed by atoms with Gasteiger partial charge in [0.05, 0.1) is 16.2 Å². The number of halogens is 2. The summed E-state index contributed by atoms with van der Waals surface area (Å²) in [7, 11) is 1.54. The first-order valence-electron chi connectivity index (χ1n) is 8.98. The summed E-state index contributed by atoms with van der Waals surface area (Å²) in [6, 6.07) is 19.2. The first-order chi connectivity index (χ1) is 14.5. The zero-order valence-electron chi connectivity index (χ0n) is 16.1. The third kappa shape index (κ3) is 5.73. The minimum Gasteiger partial charge on any atom is -0.492 e. The van der Waals surface area contributed by atoms with Crippen molar-refractivity contribution in [3.05, 3.63) is 92.0 Å². The Morgan fingerprint density at radius 2 is 1.67 bits per heavy atom. The number of benzene rings is 3. The number of carbonyl (C=O) groups is 2. The van der Waals surface area contributed by atoms with E-state index >= 15 is 0 Å². The zero-order chi connectivity index (χ0) is 21.5. The molecule has 0 heterocycles. The summed E-state index contributed by atoms with van der Waals surface area (Å²) in [5.74, 6) is 0.00997. The van der Waals surface area contributed by atoms with Crippen LogP contribution in [0.1, 0.15) is 26.3 Å². The van der Waals surface area contributed by atoms with E-state index < -0.39 is 5.97 Å². The highest BCUT2D eigenvalue weighted by molar-refractivity contribution is 14.1. The smallest absolute Gasteiger partial charge is 0.338 e. The van der Waals surface area contributed by atoms with Crippen LogP contribution >= 0.6 is 34.2 Å². The van der Waals surface area contributed by atoms with E-state index in [-0.39, 0.29) is 18.0 Å². The molecule has 0 fully saturated rings. The van der Waals surface area contributed by atoms with E-state index in [4.69, 9.17) is 25.8 Å². The maximum Gasteiger partial charge on any atom is 0.338 e. The van der Waals surface area contributed by atoms with Crippen molar-refractivity contribution in [1.29, 1.82) is 0 Å². The molecule has 0 spiro atoms. The number of methoxy groups -OCH3 is 1. The minimum absolute atomic E-state index is 0.271. The van der Waals surface area contributed by atoms with Gasteiger partial charge in [0, 0.05) is 10.6 Å². The maximum atomic E-state index is 12.5. The van der Waals surface area contributed by atoms with E-state index in [1.807, 2.05) is 30.3 Å². The van der Waals surface area contributed by atoms with Crippen LogP contribution in [0.15, 0.2) is 66.7 Å². The number of hydrogen-bond acceptors (Lipinski definition) is 5. The van der Waals surface area contributed by atoms with Gasteiger partial charge in [0.15, 0.2) is 23.9 Å². The van der Waals surface area contributed by atoms with Gasteiger partial charge < -0.3 is 14.2 Å². The van der Waals surface area contributed by atoms with Crippen LogP contribution in [0.3, 0.4) is 0 Å². The average molecular weight is 537 g/mol. The predicted octanol–water partition coefficient (Wildman–Crippen LogP) is 5.57. The van der Waals surface area contributed by atoms with Crippen molar-refractivity contribution in [2.45, 2.75) is 6.61 Å². The summed E-state index contributed by atoms with van der Waals surface area (Å²) in [5, 5.41) is 0.527. The van der Waals surface area contributed by atoms with Gasteiger partial charge in [-0.25, -0.2) is 4.79 Å². The summed E-state index contributed by atoms with van der Waals surface area (Å²) in [6.07, 6.45) is 0. The van der Waals surface area contributed by atoms with E-state index in [2.05, 4.69) is 22.6 Å². The summed E-state index contributed by atoms with van der Waals surface area (Å²) >= 11 is 7.88. The fourth-order valence-corrected chi connectivity index (χ4v) is 3.61. The molecular formula is C23H18ClIO5. The van der Waals surface area contributed by atoms with Gasteiger partial charge in [-0.1, -0.05) is 41.9 Å². The van der Waals surface area contributed by atoms with Gasteiger partial charge in [-0.05, 0) is 64.6 Å². The van der Waals surface area contributed by atoms with Crippen LogP contribution in [-0.2, 0) is 11.3 Å². The first kappa shape index (κ1) is 22.1. The molecule has 0 saturated carbocycles. The van der Waals surface area contributed by atoms with E-state index in [0.29, 0.717) is 32.3 Å². The molecule has 3 aromatic carbocycles. The van der Waals surface area contributed by atoms with Crippen LogP contribution in [0.2, 0.25) is 5.02 Å². The molecule has 3 aromatic rings. The fourth-order valence-electron chi connectivity index (χ4n) is 2.66. The van der Waals surface area contributed by atoms with Gasteiger partial charge in [0.25, 0.3) is 0 Å². The van der Waals surface area contributed by atoms with Crippen LogP contribution in [-0.4, -0.2) is 25.5 Å². The number of ether oxygens (including phenoxy) is 3. The van der Waals surface area contributed by atoms with Crippen LogP contribution in [0, 0.1) is 3.57 Å². The lowest BCUT2D eigenvalue weighted by atomic mass is 10.1. The third-order valence-electron chi connectivity index (χ3n) is 4.19. The summed E-state index contributed by atoms with van der Waals surface area (Å²) in [6.45, 7) is -0.0515. The van der Waals surface area contributed by atoms with Gasteiger partial charge in [-0.3, -0.25) is 4.79 Å². The molecule has 0 aliphatic heterocycles. The lowest BCUT2D eigenvalue weighted by molar-refractivity contribution is 0.0474. The molecule has 0 radical (unpaired) electrons. The van der Waals surface area contributed by atoms with Crippen LogP contribution in [0.5, 0.6) is 11.5 Å². The van der Waals surface area contributed by atoms with Gasteiger partial charge in [-0.15, -0.1) is 0 Å². The van der Waals surface area contributed by atoms with Crippen molar-refractivity contribution in [3.8, 4) is 11.5 Å². The largest absolute Gasteiger partial charge is 0.492 e. The summed E-state index contributed by atoms with van der Waals surface area (Å²) in [4.78, 5) is 24.7. The highest BCUT2D eigenvalue weighted by atomic mass is 127. The second kappa shape index (κ2) is 10.4. The number of carbonyl (C=O) groups excluding carboxylic acids is 2. The molecular weight excluding hydrogens is 519 g/mol. The molecule has 30 heavy (non-hydrogen) atoms. The number of rotatable bonds is 8. The molecule has 0 atom stereocenters. The topological polar surface area (TPSA) is 61.8 Å². The first-order valence-corrected chi connectivity index (χ1v) is 10.4. The molecule has 0 aliphatic rings. The van der Waals surface area contributed by atoms with Crippen LogP contribution in [0.4, 0.5) is 0 Å². The van der Waals surface area contributed by atoms with E-state index in [1.54, 1.807) is 36.4 Å². The van der Waals surface area contributed by atoms with Gasteiger partial charge >= 0.3 is 5.97 Å². The third-order valence-corrected chi connectivity index (χ3v) is 5.24. The SMILES string of the molecule is COc1c(I)cc(C(=O)OCC(=O)c2ccc(Cl)cc2)cc1OCc1ccccc1. The lowest BCUT2D eigenvalue weighted by Crippen LogP contribution is -2.14. The number of ketones is 1. The van der Waals surface area contributed by atoms with Crippen molar-refractivity contribution >= 4 is 45.9 Å². The van der Waals surface area contributed by atoms with E-state index in [9.17, 15) is 9.59 Å². The van der Waals surface area contributed by atoms with Crippen LogP contribution in [0.25, 0.3) is 0 Å². The molecule has 0 aliphatic carbocycles. The van der Waals surface area contributed by atoms with E-state index in [1.165, 1.54) is 7.11 Å². The van der Waals surface area contributed by atoms with Crippen LogP contribution < -0.4 is 9.47 Å². The highest BCUT2D eigenvalue weighted by Crippen LogP contribution is 2.34. The van der Waals surface area contributed by atoms with Gasteiger partial charge in [-0.2, -0.15) is 0 Å². The Bertz CT molecular complexity index is 1040. The molecule has 5 nitrogen and oxygen atoms in total. The molecule has 154 valence electrons. The monoisotopic (exact) mass is 536 g/mol. The minimum atomic E-state index is -0.623. The van der Waals surface area contributed by atoms with Gasteiger partial charge in [0.2, 0.25) is 0 Å². The molecule has 0 amide bonds. The molecule has 0 N–H and O–H groups in total. The second-order valence-electron chi connectivity index (χ2n) is 6.27. The summed E-state index contributed by atoms with van der Waals surface area (Å²) in [5.41, 5.74) is 1.67. The Kier molecular flexibility index (Phi) is 7.70. The normalized spacial score (nSPS) is 10.4.